The van der Waals surface area contributed by atoms with Crippen molar-refractivity contribution in [3.8, 4) is 5.75 Å². The van der Waals surface area contributed by atoms with Gasteiger partial charge in [-0.1, -0.05) is 29.8 Å². The first-order valence-corrected chi connectivity index (χ1v) is 10.0. The molecule has 0 aliphatic carbocycles. The fourth-order valence-electron chi connectivity index (χ4n) is 3.12. The maximum atomic E-state index is 12.9. The zero-order valence-electron chi connectivity index (χ0n) is 15.4. The van der Waals surface area contributed by atoms with Gasteiger partial charge >= 0.3 is 0 Å². The lowest BCUT2D eigenvalue weighted by molar-refractivity contribution is -0.130. The van der Waals surface area contributed by atoms with Crippen LogP contribution in [0, 0.1) is 6.92 Å². The third-order valence-electron chi connectivity index (χ3n) is 4.62. The number of phenols is 1. The van der Waals surface area contributed by atoms with Gasteiger partial charge in [0.05, 0.1) is 17.7 Å². The van der Waals surface area contributed by atoms with Gasteiger partial charge in [0.2, 0.25) is 0 Å². The second kappa shape index (κ2) is 7.94. The topological polar surface area (TPSA) is 66.0 Å². The van der Waals surface area contributed by atoms with Crippen LogP contribution in [0.15, 0.2) is 81.3 Å². The first-order chi connectivity index (χ1) is 13.6. The summed E-state index contributed by atoms with van der Waals surface area (Å²) in [7, 11) is 0. The Hall–Kier alpha value is -2.99. The van der Waals surface area contributed by atoms with E-state index < -0.39 is 0 Å². The monoisotopic (exact) mass is 392 g/mol. The van der Waals surface area contributed by atoms with Gasteiger partial charge in [0, 0.05) is 11.3 Å². The number of amides is 1. The van der Waals surface area contributed by atoms with Gasteiger partial charge in [-0.25, -0.2) is 5.01 Å². The van der Waals surface area contributed by atoms with Crippen molar-refractivity contribution in [1.29, 1.82) is 0 Å². The highest BCUT2D eigenvalue weighted by Gasteiger charge is 2.34. The Kier molecular flexibility index (Phi) is 5.21. The standard InChI is InChI=1S/C22H20N2O3S/c1-15-4-6-16(7-5-15)19-13-20(21-3-2-12-27-21)24(23-19)22(26)14-28-18-10-8-17(25)9-11-18/h2-12,20,25H,13-14H2,1H3. The summed E-state index contributed by atoms with van der Waals surface area (Å²) in [4.78, 5) is 13.8. The third-order valence-corrected chi connectivity index (χ3v) is 5.62. The number of rotatable bonds is 5. The summed E-state index contributed by atoms with van der Waals surface area (Å²) in [5.41, 5.74) is 3.08. The molecule has 1 amide bonds. The highest BCUT2D eigenvalue weighted by molar-refractivity contribution is 8.00. The van der Waals surface area contributed by atoms with E-state index in [2.05, 4.69) is 5.10 Å². The number of hydrazone groups is 1. The molecule has 1 aliphatic rings. The number of thioether (sulfide) groups is 1. The molecule has 0 fully saturated rings. The zero-order valence-corrected chi connectivity index (χ0v) is 16.2. The number of aromatic hydroxyl groups is 1. The average Bonchev–Trinajstić information content (AvgIpc) is 3.37. The number of carbonyl (C=O) groups is 1. The second-order valence-corrected chi connectivity index (χ2v) is 7.72. The lowest BCUT2D eigenvalue weighted by Gasteiger charge is -2.19. The molecule has 3 aromatic rings. The summed E-state index contributed by atoms with van der Waals surface area (Å²) in [5.74, 6) is 1.11. The molecule has 0 spiro atoms. The summed E-state index contributed by atoms with van der Waals surface area (Å²) in [5, 5.41) is 15.6. The van der Waals surface area contributed by atoms with Gasteiger partial charge in [-0.15, -0.1) is 11.8 Å². The van der Waals surface area contributed by atoms with E-state index in [-0.39, 0.29) is 23.5 Å². The van der Waals surface area contributed by atoms with Gasteiger partial charge in [-0.2, -0.15) is 5.10 Å². The van der Waals surface area contributed by atoms with Gasteiger partial charge in [-0.3, -0.25) is 4.79 Å². The minimum atomic E-state index is -0.237. The normalized spacial score (nSPS) is 16.2. The largest absolute Gasteiger partial charge is 0.508 e. The van der Waals surface area contributed by atoms with Crippen LogP contribution >= 0.6 is 11.8 Å². The van der Waals surface area contributed by atoms with E-state index in [0.29, 0.717) is 6.42 Å². The SMILES string of the molecule is Cc1ccc(C2=NN(C(=O)CSc3ccc(O)cc3)C(c3ccco3)C2)cc1. The number of aryl methyl sites for hydroxylation is 1. The predicted molar refractivity (Wildman–Crippen MR) is 109 cm³/mol. The maximum absolute atomic E-state index is 12.9. The van der Waals surface area contributed by atoms with Crippen molar-refractivity contribution in [2.24, 2.45) is 5.10 Å². The number of nitrogens with zero attached hydrogens (tertiary/aromatic N) is 2. The van der Waals surface area contributed by atoms with Crippen LogP contribution in [0.3, 0.4) is 0 Å². The molecule has 2 heterocycles. The van der Waals surface area contributed by atoms with Crippen LogP contribution in [-0.4, -0.2) is 27.5 Å². The van der Waals surface area contributed by atoms with E-state index in [1.54, 1.807) is 35.5 Å². The molecule has 1 unspecified atom stereocenters. The highest BCUT2D eigenvalue weighted by atomic mass is 32.2. The first-order valence-electron chi connectivity index (χ1n) is 9.02. The van der Waals surface area contributed by atoms with Crippen molar-refractivity contribution in [3.63, 3.8) is 0 Å². The Morgan fingerprint density at radius 1 is 1.18 bits per heavy atom. The summed E-state index contributed by atoms with van der Waals surface area (Å²) in [6, 6.07) is 18.4. The van der Waals surface area contributed by atoms with E-state index in [1.165, 1.54) is 17.3 Å². The Labute approximate surface area is 167 Å². The Balaban J connectivity index is 1.54. The van der Waals surface area contributed by atoms with E-state index in [0.717, 1.165) is 21.9 Å². The molecule has 0 saturated carbocycles. The van der Waals surface area contributed by atoms with Crippen LogP contribution in [0.2, 0.25) is 0 Å². The number of hydrogen-bond donors (Lipinski definition) is 1. The Morgan fingerprint density at radius 3 is 2.61 bits per heavy atom. The number of hydrogen-bond acceptors (Lipinski definition) is 5. The molecular formula is C22H20N2O3S. The van der Waals surface area contributed by atoms with Crippen molar-refractivity contribution in [1.82, 2.24) is 5.01 Å². The Bertz CT molecular complexity index is 980. The summed E-state index contributed by atoms with van der Waals surface area (Å²) in [6.45, 7) is 2.04. The molecule has 0 saturated heterocycles. The van der Waals surface area contributed by atoms with E-state index in [9.17, 15) is 9.90 Å². The minimum Gasteiger partial charge on any atom is -0.508 e. The van der Waals surface area contributed by atoms with Crippen LogP contribution in [0.25, 0.3) is 0 Å². The lowest BCUT2D eigenvalue weighted by Crippen LogP contribution is -2.28. The van der Waals surface area contributed by atoms with Crippen molar-refractivity contribution in [2.45, 2.75) is 24.3 Å². The van der Waals surface area contributed by atoms with Gasteiger partial charge in [0.1, 0.15) is 17.6 Å². The molecule has 1 aromatic heterocycles. The average molecular weight is 392 g/mol. The Morgan fingerprint density at radius 2 is 1.93 bits per heavy atom. The number of furan rings is 1. The summed E-state index contributed by atoms with van der Waals surface area (Å²) >= 11 is 1.42. The molecular weight excluding hydrogens is 372 g/mol. The van der Waals surface area contributed by atoms with Gasteiger partial charge < -0.3 is 9.52 Å². The van der Waals surface area contributed by atoms with Crippen molar-refractivity contribution >= 4 is 23.4 Å². The van der Waals surface area contributed by atoms with Crippen molar-refractivity contribution in [3.05, 3.63) is 83.8 Å². The quantitative estimate of drug-likeness (QED) is 0.636. The summed E-state index contributed by atoms with van der Waals surface area (Å²) < 4.78 is 5.58. The molecule has 142 valence electrons. The number of carbonyl (C=O) groups excluding carboxylic acids is 1. The van der Waals surface area contributed by atoms with Crippen LogP contribution in [-0.2, 0) is 4.79 Å². The molecule has 6 heteroatoms. The van der Waals surface area contributed by atoms with E-state index in [4.69, 9.17) is 4.42 Å². The molecule has 0 radical (unpaired) electrons. The molecule has 1 aliphatic heterocycles. The predicted octanol–water partition coefficient (Wildman–Crippen LogP) is 4.76. The molecule has 0 bridgehead atoms. The van der Waals surface area contributed by atoms with Crippen LogP contribution in [0.5, 0.6) is 5.75 Å². The van der Waals surface area contributed by atoms with Gasteiger partial charge in [0.25, 0.3) is 5.91 Å². The van der Waals surface area contributed by atoms with Crippen LogP contribution < -0.4 is 0 Å². The maximum Gasteiger partial charge on any atom is 0.253 e. The number of phenolic OH excluding ortho intramolecular Hbond substituents is 1. The number of benzene rings is 2. The molecule has 5 nitrogen and oxygen atoms in total. The van der Waals surface area contributed by atoms with Crippen molar-refractivity contribution in [2.75, 3.05) is 5.75 Å². The first kappa shape index (κ1) is 18.4. The van der Waals surface area contributed by atoms with Gasteiger partial charge in [-0.05, 0) is 48.9 Å². The van der Waals surface area contributed by atoms with E-state index in [1.807, 2.05) is 43.3 Å². The van der Waals surface area contributed by atoms with E-state index >= 15 is 0 Å². The zero-order chi connectivity index (χ0) is 19.5. The molecule has 1 atom stereocenters. The highest BCUT2D eigenvalue weighted by Crippen LogP contribution is 2.34. The van der Waals surface area contributed by atoms with Crippen LogP contribution in [0.1, 0.15) is 29.3 Å². The molecule has 1 N–H and O–H groups in total. The lowest BCUT2D eigenvalue weighted by atomic mass is 10.0. The molecule has 28 heavy (non-hydrogen) atoms. The third kappa shape index (κ3) is 3.97. The fraction of sp³-hybridized carbons (Fsp3) is 0.182. The fourth-order valence-corrected chi connectivity index (χ4v) is 3.87. The second-order valence-electron chi connectivity index (χ2n) is 6.67. The van der Waals surface area contributed by atoms with Gasteiger partial charge in [0.15, 0.2) is 0 Å². The van der Waals surface area contributed by atoms with Crippen LogP contribution in [0.4, 0.5) is 0 Å². The summed E-state index contributed by atoms with van der Waals surface area (Å²) in [6.07, 6.45) is 2.24. The minimum absolute atomic E-state index is 0.0819. The molecule has 2 aromatic carbocycles. The van der Waals surface area contributed by atoms with Crippen molar-refractivity contribution < 1.29 is 14.3 Å². The molecule has 4 rings (SSSR count). The smallest absolute Gasteiger partial charge is 0.253 e.